The molecule has 6 nitrogen and oxygen atoms in total. The fraction of sp³-hybridized carbons (Fsp3) is 0.0833. The predicted octanol–water partition coefficient (Wildman–Crippen LogP) is 0.632. The number of carbonyl (C=O) groups is 1. The third kappa shape index (κ3) is 2.72. The first kappa shape index (κ1) is 11.8. The minimum Gasteiger partial charge on any atom is -0.363 e. The predicted molar refractivity (Wildman–Crippen MR) is 64.6 cm³/mol. The van der Waals surface area contributed by atoms with Gasteiger partial charge >= 0.3 is 0 Å². The van der Waals surface area contributed by atoms with Gasteiger partial charge in [-0.15, -0.1) is 0 Å². The highest BCUT2D eigenvalue weighted by atomic mass is 16.5. The molecule has 18 heavy (non-hydrogen) atoms. The Morgan fingerprint density at radius 1 is 1.56 bits per heavy atom. The number of nitrogens with one attached hydrogen (secondary N) is 1. The van der Waals surface area contributed by atoms with Crippen molar-refractivity contribution in [2.24, 2.45) is 5.73 Å². The van der Waals surface area contributed by atoms with Crippen LogP contribution in [0.15, 0.2) is 35.3 Å². The summed E-state index contributed by atoms with van der Waals surface area (Å²) in [5.41, 5.74) is 6.52. The highest BCUT2D eigenvalue weighted by Gasteiger charge is 2.12. The van der Waals surface area contributed by atoms with Crippen LogP contribution in [0.3, 0.4) is 0 Å². The van der Waals surface area contributed by atoms with Crippen molar-refractivity contribution in [3.05, 3.63) is 42.0 Å². The van der Waals surface area contributed by atoms with E-state index >= 15 is 0 Å². The van der Waals surface area contributed by atoms with Gasteiger partial charge in [0.1, 0.15) is 17.6 Å². The zero-order valence-electron chi connectivity index (χ0n) is 9.38. The monoisotopic (exact) mass is 242 g/mol. The standard InChI is InChI=1S/C12H10N4O2/c13-5-1-3-9-4-2-6-14-11(9)12(17)16-10-7-15-18-8-10/h2,4,6-8H,5,13H2,(H,16,17). The van der Waals surface area contributed by atoms with E-state index in [1.54, 1.807) is 12.1 Å². The van der Waals surface area contributed by atoms with Crippen LogP contribution in [-0.4, -0.2) is 22.6 Å². The summed E-state index contributed by atoms with van der Waals surface area (Å²) in [6.45, 7) is 0.224. The molecule has 0 aliphatic heterocycles. The van der Waals surface area contributed by atoms with Gasteiger partial charge in [0, 0.05) is 6.20 Å². The van der Waals surface area contributed by atoms with E-state index in [9.17, 15) is 4.79 Å². The molecule has 0 unspecified atom stereocenters. The van der Waals surface area contributed by atoms with Crippen molar-refractivity contribution in [3.8, 4) is 11.8 Å². The Hall–Kier alpha value is -2.65. The molecule has 2 aromatic rings. The zero-order valence-corrected chi connectivity index (χ0v) is 9.38. The third-order valence-corrected chi connectivity index (χ3v) is 2.04. The summed E-state index contributed by atoms with van der Waals surface area (Å²) >= 11 is 0. The maximum Gasteiger partial charge on any atom is 0.275 e. The molecule has 0 atom stereocenters. The van der Waals surface area contributed by atoms with Gasteiger partial charge in [-0.2, -0.15) is 0 Å². The molecule has 3 N–H and O–H groups in total. The van der Waals surface area contributed by atoms with Gasteiger partial charge in [-0.1, -0.05) is 17.0 Å². The van der Waals surface area contributed by atoms with E-state index in [2.05, 4.69) is 31.8 Å². The van der Waals surface area contributed by atoms with Crippen molar-refractivity contribution in [1.29, 1.82) is 0 Å². The first-order chi connectivity index (χ1) is 8.81. The van der Waals surface area contributed by atoms with Crippen LogP contribution in [0, 0.1) is 11.8 Å². The Morgan fingerprint density at radius 2 is 2.44 bits per heavy atom. The summed E-state index contributed by atoms with van der Waals surface area (Å²) in [6, 6.07) is 3.41. The van der Waals surface area contributed by atoms with Crippen LogP contribution < -0.4 is 11.1 Å². The number of carbonyl (C=O) groups excluding carboxylic acids is 1. The topological polar surface area (TPSA) is 94.0 Å². The van der Waals surface area contributed by atoms with Crippen LogP contribution in [0.2, 0.25) is 0 Å². The second-order valence-corrected chi connectivity index (χ2v) is 3.27. The first-order valence-corrected chi connectivity index (χ1v) is 5.16. The first-order valence-electron chi connectivity index (χ1n) is 5.16. The summed E-state index contributed by atoms with van der Waals surface area (Å²) in [7, 11) is 0. The Morgan fingerprint density at radius 3 is 3.17 bits per heavy atom. The molecule has 0 saturated heterocycles. The molecule has 0 aromatic carbocycles. The van der Waals surface area contributed by atoms with Crippen LogP contribution >= 0.6 is 0 Å². The number of pyridine rings is 1. The molecule has 0 aliphatic rings. The molecule has 6 heteroatoms. The number of hydrogen-bond acceptors (Lipinski definition) is 5. The fourth-order valence-corrected chi connectivity index (χ4v) is 1.29. The number of amides is 1. The minimum atomic E-state index is -0.375. The van der Waals surface area contributed by atoms with E-state index in [0.29, 0.717) is 11.3 Å². The molecule has 0 fully saturated rings. The van der Waals surface area contributed by atoms with Crippen molar-refractivity contribution >= 4 is 11.6 Å². The van der Waals surface area contributed by atoms with Crippen molar-refractivity contribution in [2.75, 3.05) is 11.9 Å². The number of hydrogen-bond donors (Lipinski definition) is 2. The van der Waals surface area contributed by atoms with E-state index in [0.717, 1.165) is 0 Å². The van der Waals surface area contributed by atoms with Gasteiger partial charge < -0.3 is 15.6 Å². The third-order valence-electron chi connectivity index (χ3n) is 2.04. The lowest BCUT2D eigenvalue weighted by atomic mass is 10.2. The van der Waals surface area contributed by atoms with Gasteiger partial charge in [0.25, 0.3) is 5.91 Å². The lowest BCUT2D eigenvalue weighted by Gasteiger charge is -2.02. The highest BCUT2D eigenvalue weighted by Crippen LogP contribution is 2.09. The second-order valence-electron chi connectivity index (χ2n) is 3.27. The summed E-state index contributed by atoms with van der Waals surface area (Å²) < 4.78 is 4.62. The molecule has 0 spiro atoms. The molecule has 2 rings (SSSR count). The Labute approximate surface area is 103 Å². The van der Waals surface area contributed by atoms with Crippen LogP contribution in [-0.2, 0) is 0 Å². The number of nitrogens with two attached hydrogens (primary N) is 1. The summed E-state index contributed by atoms with van der Waals surface area (Å²) in [5.74, 6) is 5.11. The summed E-state index contributed by atoms with van der Waals surface area (Å²) in [4.78, 5) is 16.0. The van der Waals surface area contributed by atoms with Crippen molar-refractivity contribution < 1.29 is 9.32 Å². The van der Waals surface area contributed by atoms with Gasteiger partial charge in [0.05, 0.1) is 18.3 Å². The van der Waals surface area contributed by atoms with Gasteiger partial charge in [0.2, 0.25) is 0 Å². The zero-order chi connectivity index (χ0) is 12.8. The lowest BCUT2D eigenvalue weighted by Crippen LogP contribution is -2.15. The fourth-order valence-electron chi connectivity index (χ4n) is 1.29. The Balaban J connectivity index is 2.24. The van der Waals surface area contributed by atoms with E-state index in [1.807, 2.05) is 0 Å². The molecule has 2 aromatic heterocycles. The molecule has 0 aliphatic carbocycles. The van der Waals surface area contributed by atoms with Gasteiger partial charge in [-0.05, 0) is 12.1 Å². The molecular weight excluding hydrogens is 232 g/mol. The van der Waals surface area contributed by atoms with Crippen molar-refractivity contribution in [1.82, 2.24) is 10.1 Å². The van der Waals surface area contributed by atoms with E-state index < -0.39 is 0 Å². The number of anilines is 1. The number of rotatable bonds is 2. The lowest BCUT2D eigenvalue weighted by molar-refractivity contribution is 0.102. The number of nitrogens with zero attached hydrogens (tertiary/aromatic N) is 2. The van der Waals surface area contributed by atoms with Crippen molar-refractivity contribution in [2.45, 2.75) is 0 Å². The minimum absolute atomic E-state index is 0.224. The maximum atomic E-state index is 12.0. The van der Waals surface area contributed by atoms with E-state index in [1.165, 1.54) is 18.7 Å². The smallest absolute Gasteiger partial charge is 0.275 e. The van der Waals surface area contributed by atoms with Gasteiger partial charge in [-0.3, -0.25) is 4.79 Å². The molecule has 0 saturated carbocycles. The van der Waals surface area contributed by atoms with Crippen molar-refractivity contribution in [3.63, 3.8) is 0 Å². The normalized spacial score (nSPS) is 9.39. The molecule has 1 amide bonds. The molecular formula is C12H10N4O2. The highest BCUT2D eigenvalue weighted by molar-refractivity contribution is 6.04. The summed E-state index contributed by atoms with van der Waals surface area (Å²) in [5, 5.41) is 6.08. The average Bonchev–Trinajstić information content (AvgIpc) is 2.89. The van der Waals surface area contributed by atoms with Gasteiger partial charge in [0.15, 0.2) is 0 Å². The second kappa shape index (κ2) is 5.61. The quantitative estimate of drug-likeness (QED) is 0.753. The largest absolute Gasteiger partial charge is 0.363 e. The van der Waals surface area contributed by atoms with Crippen LogP contribution in [0.1, 0.15) is 16.1 Å². The summed E-state index contributed by atoms with van der Waals surface area (Å²) in [6.07, 6.45) is 4.24. The van der Waals surface area contributed by atoms with Crippen LogP contribution in [0.25, 0.3) is 0 Å². The molecule has 0 radical (unpaired) electrons. The van der Waals surface area contributed by atoms with E-state index in [4.69, 9.17) is 5.73 Å². The maximum absolute atomic E-state index is 12.0. The molecule has 90 valence electrons. The molecule has 0 bridgehead atoms. The van der Waals surface area contributed by atoms with Crippen LogP contribution in [0.4, 0.5) is 5.69 Å². The van der Waals surface area contributed by atoms with Crippen LogP contribution in [0.5, 0.6) is 0 Å². The SMILES string of the molecule is NCC#Cc1cccnc1C(=O)Nc1cnoc1. The Kier molecular flexibility index (Phi) is 3.69. The average molecular weight is 242 g/mol. The molecule has 2 heterocycles. The van der Waals surface area contributed by atoms with Gasteiger partial charge in [-0.25, -0.2) is 4.98 Å². The Bertz CT molecular complexity index is 596. The number of aromatic nitrogens is 2. The van der Waals surface area contributed by atoms with E-state index in [-0.39, 0.29) is 18.1 Å².